The van der Waals surface area contributed by atoms with E-state index in [1.807, 2.05) is 0 Å². The van der Waals surface area contributed by atoms with Crippen LogP contribution in [0.1, 0.15) is 36.8 Å². The first-order valence-corrected chi connectivity index (χ1v) is 13.0. The number of nitrogens with zero attached hydrogens (tertiary/aromatic N) is 1. The van der Waals surface area contributed by atoms with E-state index >= 15 is 4.39 Å². The molecule has 0 aliphatic heterocycles. The molecule has 4 aliphatic rings. The minimum Gasteiger partial charge on any atom is -0.508 e. The first-order chi connectivity index (χ1) is 18.8. The van der Waals surface area contributed by atoms with Crippen molar-refractivity contribution in [2.75, 3.05) is 26.0 Å². The number of benzene rings is 1. The van der Waals surface area contributed by atoms with Crippen LogP contribution in [0, 0.1) is 17.7 Å². The van der Waals surface area contributed by atoms with Gasteiger partial charge in [-0.1, -0.05) is 6.42 Å². The molecule has 0 heterocycles. The van der Waals surface area contributed by atoms with Crippen molar-refractivity contribution in [3.05, 3.63) is 39.9 Å². The summed E-state index contributed by atoms with van der Waals surface area (Å²) in [6, 6.07) is -0.100. The number of aliphatic hydroxyl groups is 3. The summed E-state index contributed by atoms with van der Waals surface area (Å²) >= 11 is 0. The van der Waals surface area contributed by atoms with Gasteiger partial charge in [-0.25, -0.2) is 4.39 Å². The van der Waals surface area contributed by atoms with E-state index in [1.54, 1.807) is 0 Å². The zero-order valence-electron chi connectivity index (χ0n) is 22.0. The number of likely N-dealkylation sites (N-methyl/N-ethyl adjacent to an activating group) is 1. The van der Waals surface area contributed by atoms with Crippen LogP contribution < -0.4 is 16.4 Å². The average Bonchev–Trinajstić information content (AvgIpc) is 2.83. The van der Waals surface area contributed by atoms with Gasteiger partial charge in [-0.2, -0.15) is 0 Å². The van der Waals surface area contributed by atoms with E-state index in [2.05, 4.69) is 10.6 Å². The Balaban J connectivity index is 1.58. The maximum Gasteiger partial charge on any atom is 0.255 e. The highest BCUT2D eigenvalue weighted by atomic mass is 19.1. The number of fused-ring (bicyclic) bond motifs is 3. The number of nitrogens with one attached hydrogen (secondary N) is 2. The van der Waals surface area contributed by atoms with Crippen molar-refractivity contribution in [1.29, 1.82) is 0 Å². The number of ketones is 2. The zero-order chi connectivity index (χ0) is 29.3. The Bertz CT molecular complexity index is 1420. The minimum atomic E-state index is -2.79. The number of hydrogen-bond acceptors (Lipinski definition) is 10. The van der Waals surface area contributed by atoms with Gasteiger partial charge in [-0.3, -0.25) is 24.1 Å². The molecule has 2 saturated carbocycles. The lowest BCUT2D eigenvalue weighted by Gasteiger charge is -2.50. The van der Waals surface area contributed by atoms with Crippen LogP contribution in [0.25, 0.3) is 5.76 Å². The molecular weight excluding hydrogens is 527 g/mol. The van der Waals surface area contributed by atoms with Gasteiger partial charge in [0, 0.05) is 29.2 Å². The second kappa shape index (κ2) is 9.68. The molecule has 4 atom stereocenters. The van der Waals surface area contributed by atoms with E-state index in [4.69, 9.17) is 5.73 Å². The maximum atomic E-state index is 15.3. The summed E-state index contributed by atoms with van der Waals surface area (Å²) in [6.07, 6.45) is 2.59. The standard InChI is InChI=1S/C27H31FN4O8/c1-32(2)20-13-7-10-6-12-14(28)8-15(31-16(33)9-30-11-4-3-5-11)21(34)18(12)22(35)17(10)24(37)27(13,40)25(38)19(23(20)36)26(29)39/h8,10-11,13,20,30,34-35,38,40H,3-7,9H2,1-2H3,(H2,29,39)(H,31,33)/t10-,13-,20-,27-/m0/s1. The van der Waals surface area contributed by atoms with Gasteiger partial charge in [0.15, 0.2) is 17.1 Å². The van der Waals surface area contributed by atoms with Gasteiger partial charge in [0.1, 0.15) is 22.9 Å². The van der Waals surface area contributed by atoms with Crippen LogP contribution >= 0.6 is 0 Å². The first kappa shape index (κ1) is 27.7. The largest absolute Gasteiger partial charge is 0.508 e. The first-order valence-electron chi connectivity index (χ1n) is 13.0. The number of nitrogens with two attached hydrogens (primary N) is 1. The number of anilines is 1. The molecule has 1 aromatic rings. The second-order valence-corrected chi connectivity index (χ2v) is 11.1. The van der Waals surface area contributed by atoms with Gasteiger partial charge in [-0.15, -0.1) is 0 Å². The average molecular weight is 559 g/mol. The van der Waals surface area contributed by atoms with Crippen LogP contribution in [0.4, 0.5) is 10.1 Å². The second-order valence-electron chi connectivity index (χ2n) is 11.1. The SMILES string of the molecule is CN(C)[C@@H]1C(=O)C(C(N)=O)=C(O)[C@@]2(O)C(=O)C3=C(O)c4c(O)c(NC(=O)CNC5CCC5)cc(F)c4C[C@H]3C[C@@H]12. The predicted octanol–water partition coefficient (Wildman–Crippen LogP) is 0.184. The fourth-order valence-corrected chi connectivity index (χ4v) is 6.41. The van der Waals surface area contributed by atoms with Crippen LogP contribution in [-0.4, -0.2) is 87.0 Å². The third-order valence-electron chi connectivity index (χ3n) is 8.60. The van der Waals surface area contributed by atoms with Crippen LogP contribution in [0.15, 0.2) is 23.0 Å². The van der Waals surface area contributed by atoms with Gasteiger partial charge in [-0.05, 0) is 45.7 Å². The maximum absolute atomic E-state index is 15.3. The Morgan fingerprint density at radius 1 is 1.20 bits per heavy atom. The molecule has 4 aliphatic carbocycles. The minimum absolute atomic E-state index is 0.0789. The summed E-state index contributed by atoms with van der Waals surface area (Å²) in [7, 11) is 2.98. The van der Waals surface area contributed by atoms with Gasteiger partial charge in [0.2, 0.25) is 11.7 Å². The third kappa shape index (κ3) is 3.99. The van der Waals surface area contributed by atoms with Gasteiger partial charge < -0.3 is 36.8 Å². The lowest BCUT2D eigenvalue weighted by Crippen LogP contribution is -2.65. The van der Waals surface area contributed by atoms with Gasteiger partial charge in [0.25, 0.3) is 5.91 Å². The summed E-state index contributed by atoms with van der Waals surface area (Å²) in [4.78, 5) is 52.8. The molecular formula is C27H31FN4O8. The lowest BCUT2D eigenvalue weighted by atomic mass is 9.57. The predicted molar refractivity (Wildman–Crippen MR) is 138 cm³/mol. The van der Waals surface area contributed by atoms with Crippen molar-refractivity contribution in [3.63, 3.8) is 0 Å². The molecule has 1 aromatic carbocycles. The molecule has 8 N–H and O–H groups in total. The lowest BCUT2D eigenvalue weighted by molar-refractivity contribution is -0.153. The number of primary amides is 1. The zero-order valence-corrected chi connectivity index (χ0v) is 22.0. The number of phenols is 1. The van der Waals surface area contributed by atoms with Crippen molar-refractivity contribution < 1.29 is 44.0 Å². The molecule has 2 amide bonds. The van der Waals surface area contributed by atoms with Crippen LogP contribution in [0.3, 0.4) is 0 Å². The van der Waals surface area contributed by atoms with Crippen molar-refractivity contribution in [1.82, 2.24) is 10.2 Å². The van der Waals surface area contributed by atoms with E-state index in [0.717, 1.165) is 25.3 Å². The summed E-state index contributed by atoms with van der Waals surface area (Å²) in [5.74, 6) is -9.70. The number of aliphatic hydroxyl groups excluding tert-OH is 2. The summed E-state index contributed by atoms with van der Waals surface area (Å²) in [5.41, 5.74) is 0.316. The Labute approximate surface area is 228 Å². The van der Waals surface area contributed by atoms with Crippen LogP contribution in [-0.2, 0) is 25.6 Å². The fourth-order valence-electron chi connectivity index (χ4n) is 6.41. The molecule has 5 rings (SSSR count). The molecule has 214 valence electrons. The molecule has 0 spiro atoms. The molecule has 0 radical (unpaired) electrons. The van der Waals surface area contributed by atoms with Crippen LogP contribution in [0.2, 0.25) is 0 Å². The number of aromatic hydroxyl groups is 1. The quantitative estimate of drug-likeness (QED) is 0.186. The van der Waals surface area contributed by atoms with Crippen molar-refractivity contribution >= 4 is 34.8 Å². The fraction of sp³-hybridized carbons (Fsp3) is 0.481. The number of carbonyl (C=O) groups excluding carboxylic acids is 4. The molecule has 2 fully saturated rings. The highest BCUT2D eigenvalue weighted by molar-refractivity contribution is 6.24. The summed E-state index contributed by atoms with van der Waals surface area (Å²) in [6.45, 7) is -0.0789. The van der Waals surface area contributed by atoms with Crippen molar-refractivity contribution in [2.45, 2.75) is 49.8 Å². The van der Waals surface area contributed by atoms with E-state index < -0.39 is 86.7 Å². The molecule has 40 heavy (non-hydrogen) atoms. The Kier molecular flexibility index (Phi) is 6.71. The number of phenolic OH excluding ortho intramolecular Hbond substituents is 1. The number of amides is 2. The molecule has 12 nitrogen and oxygen atoms in total. The molecule has 0 unspecified atom stereocenters. The third-order valence-corrected chi connectivity index (χ3v) is 8.60. The number of carbonyl (C=O) groups is 4. The van der Waals surface area contributed by atoms with Crippen LogP contribution in [0.5, 0.6) is 5.75 Å². The number of halogens is 1. The summed E-state index contributed by atoms with van der Waals surface area (Å²) in [5, 5.41) is 50.1. The van der Waals surface area contributed by atoms with E-state index in [1.165, 1.54) is 19.0 Å². The highest BCUT2D eigenvalue weighted by Crippen LogP contribution is 2.53. The highest BCUT2D eigenvalue weighted by Gasteiger charge is 2.64. The van der Waals surface area contributed by atoms with E-state index in [0.29, 0.717) is 0 Å². The number of hydrogen-bond donors (Lipinski definition) is 7. The number of rotatable bonds is 6. The molecule has 0 bridgehead atoms. The van der Waals surface area contributed by atoms with Crippen molar-refractivity contribution in [3.8, 4) is 5.75 Å². The normalized spacial score (nSPS) is 28.2. The van der Waals surface area contributed by atoms with E-state index in [-0.39, 0.29) is 36.7 Å². The van der Waals surface area contributed by atoms with Gasteiger partial charge in [0.05, 0.1) is 23.8 Å². The number of Topliss-reactive ketones (excluding diaryl/α,β-unsaturated/α-hetero) is 2. The Morgan fingerprint density at radius 3 is 2.45 bits per heavy atom. The topological polar surface area (TPSA) is 203 Å². The van der Waals surface area contributed by atoms with Crippen molar-refractivity contribution in [2.24, 2.45) is 17.6 Å². The molecule has 0 aromatic heterocycles. The van der Waals surface area contributed by atoms with Gasteiger partial charge >= 0.3 is 0 Å². The van der Waals surface area contributed by atoms with E-state index in [9.17, 15) is 39.6 Å². The Hall–Kier alpha value is -3.81. The molecule has 0 saturated heterocycles. The monoisotopic (exact) mass is 558 g/mol. The Morgan fingerprint density at radius 2 is 1.88 bits per heavy atom. The molecule has 13 heteroatoms. The smallest absolute Gasteiger partial charge is 0.255 e. The summed E-state index contributed by atoms with van der Waals surface area (Å²) < 4.78 is 15.3.